The van der Waals surface area contributed by atoms with Gasteiger partial charge in [0.1, 0.15) is 5.65 Å². The van der Waals surface area contributed by atoms with Gasteiger partial charge in [-0.3, -0.25) is 9.48 Å². The minimum Gasteiger partial charge on any atom is -0.347 e. The number of benzene rings is 1. The number of amides is 1. The molecule has 0 spiro atoms. The highest BCUT2D eigenvalue weighted by Gasteiger charge is 2.29. The van der Waals surface area contributed by atoms with Crippen molar-refractivity contribution in [2.24, 2.45) is 7.05 Å². The second-order valence-corrected chi connectivity index (χ2v) is 15.0. The molecule has 1 amide bonds. The van der Waals surface area contributed by atoms with Gasteiger partial charge in [0.25, 0.3) is 0 Å². The fourth-order valence-corrected chi connectivity index (χ4v) is 6.16. The molecule has 0 aliphatic heterocycles. The number of carbonyl (C=O) groups is 1. The molecule has 4 aromatic rings. The molecule has 34 heavy (non-hydrogen) atoms. The third kappa shape index (κ3) is 3.80. The Kier molecular flexibility index (Phi) is 5.85. The first-order valence-electron chi connectivity index (χ1n) is 11.5. The van der Waals surface area contributed by atoms with Crippen molar-refractivity contribution in [3.8, 4) is 22.3 Å². The Morgan fingerprint density at radius 2 is 1.76 bits per heavy atom. The van der Waals surface area contributed by atoms with E-state index in [-0.39, 0.29) is 5.91 Å². The van der Waals surface area contributed by atoms with Crippen molar-refractivity contribution in [2.45, 2.75) is 47.3 Å². The number of aromatic amines is 1. The summed E-state index contributed by atoms with van der Waals surface area (Å²) < 4.78 is 1.89. The van der Waals surface area contributed by atoms with E-state index in [1.54, 1.807) is 0 Å². The summed E-state index contributed by atoms with van der Waals surface area (Å²) in [5.74, 6) is -0.208. The van der Waals surface area contributed by atoms with Crippen LogP contribution in [0.4, 0.5) is 5.69 Å². The van der Waals surface area contributed by atoms with E-state index in [1.807, 2.05) is 31.0 Å². The lowest BCUT2D eigenvalue weighted by atomic mass is 9.93. The van der Waals surface area contributed by atoms with Crippen molar-refractivity contribution in [3.63, 3.8) is 0 Å². The van der Waals surface area contributed by atoms with Crippen LogP contribution in [0.3, 0.4) is 0 Å². The molecular weight excluding hydrogens is 438 g/mol. The van der Waals surface area contributed by atoms with E-state index in [2.05, 4.69) is 74.5 Å². The first-order chi connectivity index (χ1) is 16.0. The summed E-state index contributed by atoms with van der Waals surface area (Å²) in [4.78, 5) is 20.7. The number of pyridine rings is 1. The summed E-state index contributed by atoms with van der Waals surface area (Å²) in [5.41, 5.74) is 10.6. The van der Waals surface area contributed by atoms with Gasteiger partial charge in [-0.25, -0.2) is 4.98 Å². The Hall–Kier alpha value is -3.45. The second-order valence-electron chi connectivity index (χ2n) is 10.0. The lowest BCUT2D eigenvalue weighted by Crippen LogP contribution is -2.40. The van der Waals surface area contributed by atoms with Gasteiger partial charge in [0.15, 0.2) is 0 Å². The van der Waals surface area contributed by atoms with Crippen LogP contribution in [0.2, 0.25) is 19.6 Å². The molecule has 0 saturated carbocycles. The number of aromatic nitrogens is 4. The fraction of sp³-hybridized carbons (Fsp3) is 0.296. The van der Waals surface area contributed by atoms with Crippen LogP contribution in [0.5, 0.6) is 0 Å². The maximum absolute atomic E-state index is 12.2. The number of nitrogens with one attached hydrogen (secondary N) is 2. The molecule has 0 bridgehead atoms. The monoisotopic (exact) mass is 471 g/mol. The molecule has 0 saturated heterocycles. The number of H-pyrrole nitrogens is 1. The number of hydrogen-bond donors (Lipinski definition) is 2. The van der Waals surface area contributed by atoms with Crippen LogP contribution in [0.1, 0.15) is 22.4 Å². The van der Waals surface area contributed by atoms with Crippen molar-refractivity contribution in [2.75, 3.05) is 5.32 Å². The van der Waals surface area contributed by atoms with Crippen molar-refractivity contribution in [3.05, 3.63) is 59.6 Å². The molecule has 3 aromatic heterocycles. The van der Waals surface area contributed by atoms with E-state index >= 15 is 0 Å². The average Bonchev–Trinajstić information content (AvgIpc) is 3.32. The minimum absolute atomic E-state index is 0.208. The van der Waals surface area contributed by atoms with Gasteiger partial charge in [0, 0.05) is 52.0 Å². The smallest absolute Gasteiger partial charge is 0.247 e. The summed E-state index contributed by atoms with van der Waals surface area (Å²) in [6, 6.07) is 4.24. The fourth-order valence-electron chi connectivity index (χ4n) is 4.66. The highest BCUT2D eigenvalue weighted by Crippen LogP contribution is 2.39. The van der Waals surface area contributed by atoms with Crippen LogP contribution >= 0.6 is 0 Å². The van der Waals surface area contributed by atoms with E-state index in [9.17, 15) is 4.79 Å². The summed E-state index contributed by atoms with van der Waals surface area (Å²) >= 11 is 0. The zero-order valence-electron chi connectivity index (χ0n) is 21.3. The van der Waals surface area contributed by atoms with E-state index < -0.39 is 8.07 Å². The maximum Gasteiger partial charge on any atom is 0.247 e. The van der Waals surface area contributed by atoms with Crippen molar-refractivity contribution < 1.29 is 4.79 Å². The highest BCUT2D eigenvalue weighted by molar-refractivity contribution is 6.89. The molecule has 0 aliphatic carbocycles. The van der Waals surface area contributed by atoms with E-state index in [0.717, 1.165) is 50.2 Å². The molecule has 0 unspecified atom stereocenters. The molecule has 7 heteroatoms. The molecule has 0 fully saturated rings. The number of aryl methyl sites for hydroxylation is 3. The topological polar surface area (TPSA) is 75.6 Å². The van der Waals surface area contributed by atoms with Gasteiger partial charge >= 0.3 is 0 Å². The van der Waals surface area contributed by atoms with Crippen molar-refractivity contribution >= 4 is 36.0 Å². The molecule has 2 N–H and O–H groups in total. The zero-order valence-corrected chi connectivity index (χ0v) is 22.3. The molecule has 0 atom stereocenters. The Labute approximate surface area is 202 Å². The first kappa shape index (κ1) is 23.7. The molecular formula is C27H33N5OSi. The normalized spacial score (nSPS) is 11.8. The number of anilines is 1. The van der Waals surface area contributed by atoms with Crippen LogP contribution in [0.15, 0.2) is 37.2 Å². The van der Waals surface area contributed by atoms with E-state index in [1.165, 1.54) is 22.5 Å². The minimum atomic E-state index is -1.78. The number of nitrogens with zero attached hydrogens (tertiary/aromatic N) is 3. The molecule has 176 valence electrons. The van der Waals surface area contributed by atoms with Gasteiger partial charge in [-0.15, -0.1) is 0 Å². The van der Waals surface area contributed by atoms with Gasteiger partial charge in [-0.2, -0.15) is 5.10 Å². The summed E-state index contributed by atoms with van der Waals surface area (Å²) in [7, 11) is 0.180. The largest absolute Gasteiger partial charge is 0.347 e. The molecule has 0 radical (unpaired) electrons. The van der Waals surface area contributed by atoms with E-state index in [4.69, 9.17) is 4.98 Å². The lowest BCUT2D eigenvalue weighted by molar-refractivity contribution is -0.111. The number of carbonyl (C=O) groups excluding carboxylic acids is 1. The second kappa shape index (κ2) is 8.40. The number of rotatable bonds is 5. The number of fused-ring (bicyclic) bond motifs is 1. The van der Waals surface area contributed by atoms with Crippen LogP contribution in [0.25, 0.3) is 33.3 Å². The van der Waals surface area contributed by atoms with E-state index in [0.29, 0.717) is 0 Å². The van der Waals surface area contributed by atoms with Crippen LogP contribution in [0, 0.1) is 27.7 Å². The molecule has 4 rings (SSSR count). The van der Waals surface area contributed by atoms with Crippen LogP contribution in [-0.4, -0.2) is 33.7 Å². The van der Waals surface area contributed by atoms with Gasteiger partial charge in [-0.1, -0.05) is 38.4 Å². The van der Waals surface area contributed by atoms with Crippen LogP contribution < -0.4 is 10.6 Å². The molecule has 3 heterocycles. The van der Waals surface area contributed by atoms with Gasteiger partial charge < -0.3 is 10.3 Å². The summed E-state index contributed by atoms with van der Waals surface area (Å²) in [5, 5.41) is 9.85. The van der Waals surface area contributed by atoms with Crippen molar-refractivity contribution in [1.29, 1.82) is 0 Å². The third-order valence-corrected chi connectivity index (χ3v) is 8.61. The predicted molar refractivity (Wildman–Crippen MR) is 144 cm³/mol. The van der Waals surface area contributed by atoms with Gasteiger partial charge in [0.2, 0.25) is 5.91 Å². The van der Waals surface area contributed by atoms with Gasteiger partial charge in [-0.05, 0) is 56.0 Å². The Morgan fingerprint density at radius 3 is 2.35 bits per heavy atom. The summed E-state index contributed by atoms with van der Waals surface area (Å²) in [6.07, 6.45) is 5.17. The Balaban J connectivity index is 2.08. The SMILES string of the molecule is C=CC(=O)Nc1c(C)ccc(-c2c([Si](C)(C)C)[nH]c3ncc(-c4cnn(C)c4C)c(C)c23)c1C. The molecule has 6 nitrogen and oxygen atoms in total. The maximum atomic E-state index is 12.2. The van der Waals surface area contributed by atoms with Gasteiger partial charge in [0.05, 0.1) is 14.3 Å². The highest BCUT2D eigenvalue weighted by atomic mass is 28.3. The average molecular weight is 472 g/mol. The first-order valence-corrected chi connectivity index (χ1v) is 15.0. The summed E-state index contributed by atoms with van der Waals surface area (Å²) in [6.45, 7) is 19.0. The molecule has 1 aromatic carbocycles. The zero-order chi connectivity index (χ0) is 24.9. The van der Waals surface area contributed by atoms with Crippen molar-refractivity contribution in [1.82, 2.24) is 19.7 Å². The van der Waals surface area contributed by atoms with Crippen LogP contribution in [-0.2, 0) is 11.8 Å². The quantitative estimate of drug-likeness (QED) is 0.297. The Bertz CT molecular complexity index is 1450. The number of hydrogen-bond acceptors (Lipinski definition) is 3. The molecule has 0 aliphatic rings. The lowest BCUT2D eigenvalue weighted by Gasteiger charge is -2.21. The third-order valence-electron chi connectivity index (χ3n) is 6.73. The standard InChI is InChI=1S/C27H33N5OSi/c1-10-22(33)30-25-15(2)11-12-19(17(25)4)24-23-16(3)20(21-14-29-32(6)18(21)5)13-28-26(23)31-27(24)34(7,8)9/h10-14H,1H2,2-9H3,(H,28,31)(H,30,33). The Morgan fingerprint density at radius 1 is 1.06 bits per heavy atom. The predicted octanol–water partition coefficient (Wildman–Crippen LogP) is 5.53.